The van der Waals surface area contributed by atoms with Crippen molar-refractivity contribution < 1.29 is 13.2 Å². The maximum Gasteiger partial charge on any atom is 0.238 e. The number of nitrogens with zero attached hydrogens (tertiary/aromatic N) is 4. The van der Waals surface area contributed by atoms with Crippen LogP contribution in [-0.4, -0.2) is 67.7 Å². The molecule has 10 nitrogen and oxygen atoms in total. The normalized spacial score (nSPS) is 14.9. The van der Waals surface area contributed by atoms with Gasteiger partial charge < -0.3 is 15.4 Å². The fourth-order valence-electron chi connectivity index (χ4n) is 3.30. The lowest BCUT2D eigenvalue weighted by atomic mass is 10.2. The summed E-state index contributed by atoms with van der Waals surface area (Å²) in [6, 6.07) is 6.44. The van der Waals surface area contributed by atoms with Crippen molar-refractivity contribution in [2.45, 2.75) is 11.8 Å². The first-order chi connectivity index (χ1) is 15.4. The number of hydrogen-bond donors (Lipinski definition) is 3. The van der Waals surface area contributed by atoms with Crippen LogP contribution in [0.3, 0.4) is 0 Å². The molecule has 4 N–H and O–H groups in total. The standard InChI is InChI=1S/C20H25N7O3S2/c1-14-19(15-2-4-16(5-3-15)32(21,28)29)31-20(24-14)26-18-13-22-12-17(25-18)23-6-7-27-8-10-30-11-9-27/h2-5,12-13H,6-11H2,1H3,(H2,21,28,29)(H2,23,24,25,26). The molecule has 12 heteroatoms. The summed E-state index contributed by atoms with van der Waals surface area (Å²) in [6.45, 7) is 7.06. The molecule has 2 aromatic heterocycles. The number of rotatable bonds is 8. The Balaban J connectivity index is 1.39. The predicted octanol–water partition coefficient (Wildman–Crippen LogP) is 2.04. The zero-order valence-electron chi connectivity index (χ0n) is 17.6. The van der Waals surface area contributed by atoms with Crippen molar-refractivity contribution in [1.29, 1.82) is 0 Å². The third-order valence-electron chi connectivity index (χ3n) is 4.95. The topological polar surface area (TPSA) is 135 Å². The van der Waals surface area contributed by atoms with E-state index in [1.54, 1.807) is 24.5 Å². The lowest BCUT2D eigenvalue weighted by Gasteiger charge is -2.26. The average molecular weight is 476 g/mol. The van der Waals surface area contributed by atoms with E-state index < -0.39 is 10.0 Å². The van der Waals surface area contributed by atoms with Crippen molar-refractivity contribution in [2.24, 2.45) is 5.14 Å². The Morgan fingerprint density at radius 3 is 2.56 bits per heavy atom. The number of primary sulfonamides is 1. The molecular weight excluding hydrogens is 450 g/mol. The number of aromatic nitrogens is 3. The number of ether oxygens (including phenoxy) is 1. The SMILES string of the molecule is Cc1nc(Nc2cncc(NCCN3CCOCC3)n2)sc1-c1ccc(S(N)(=O)=O)cc1. The van der Waals surface area contributed by atoms with E-state index in [1.165, 1.54) is 23.5 Å². The molecule has 0 amide bonds. The monoisotopic (exact) mass is 475 g/mol. The number of anilines is 3. The lowest BCUT2D eigenvalue weighted by molar-refractivity contribution is 0.0398. The highest BCUT2D eigenvalue weighted by Gasteiger charge is 2.13. The summed E-state index contributed by atoms with van der Waals surface area (Å²) in [5.74, 6) is 1.28. The first-order valence-corrected chi connectivity index (χ1v) is 12.5. The van der Waals surface area contributed by atoms with Gasteiger partial charge in [0.25, 0.3) is 0 Å². The van der Waals surface area contributed by atoms with Gasteiger partial charge in [-0.3, -0.25) is 9.88 Å². The molecule has 1 saturated heterocycles. The van der Waals surface area contributed by atoms with Gasteiger partial charge in [-0.1, -0.05) is 23.5 Å². The molecule has 0 aliphatic carbocycles. The van der Waals surface area contributed by atoms with Crippen LogP contribution in [0.15, 0.2) is 41.6 Å². The summed E-state index contributed by atoms with van der Waals surface area (Å²) in [5, 5.41) is 12.4. The molecule has 1 aliphatic heterocycles. The number of benzene rings is 1. The summed E-state index contributed by atoms with van der Waals surface area (Å²) in [7, 11) is -3.72. The Morgan fingerprint density at radius 2 is 1.84 bits per heavy atom. The van der Waals surface area contributed by atoms with Gasteiger partial charge in [-0.2, -0.15) is 0 Å². The molecule has 0 bridgehead atoms. The van der Waals surface area contributed by atoms with Crippen molar-refractivity contribution in [3.05, 3.63) is 42.4 Å². The lowest BCUT2D eigenvalue weighted by Crippen LogP contribution is -2.39. The Kier molecular flexibility index (Phi) is 6.96. The van der Waals surface area contributed by atoms with Crippen LogP contribution in [0, 0.1) is 6.92 Å². The van der Waals surface area contributed by atoms with E-state index in [4.69, 9.17) is 9.88 Å². The highest BCUT2D eigenvalue weighted by Crippen LogP contribution is 2.34. The quantitative estimate of drug-likeness (QED) is 0.447. The molecule has 0 radical (unpaired) electrons. The zero-order chi connectivity index (χ0) is 22.6. The number of thiazole rings is 1. The van der Waals surface area contributed by atoms with Crippen LogP contribution in [0.5, 0.6) is 0 Å². The predicted molar refractivity (Wildman–Crippen MR) is 125 cm³/mol. The van der Waals surface area contributed by atoms with Crippen LogP contribution in [0.4, 0.5) is 16.8 Å². The molecule has 32 heavy (non-hydrogen) atoms. The number of sulfonamides is 1. The van der Waals surface area contributed by atoms with Gasteiger partial charge in [0.1, 0.15) is 5.82 Å². The minimum Gasteiger partial charge on any atom is -0.379 e. The van der Waals surface area contributed by atoms with E-state index in [9.17, 15) is 8.42 Å². The fraction of sp³-hybridized carbons (Fsp3) is 0.350. The van der Waals surface area contributed by atoms with Gasteiger partial charge in [-0.15, -0.1) is 0 Å². The van der Waals surface area contributed by atoms with Crippen LogP contribution >= 0.6 is 11.3 Å². The van der Waals surface area contributed by atoms with Crippen LogP contribution < -0.4 is 15.8 Å². The van der Waals surface area contributed by atoms with E-state index in [0.717, 1.165) is 55.5 Å². The second kappa shape index (κ2) is 9.88. The molecule has 0 saturated carbocycles. The smallest absolute Gasteiger partial charge is 0.238 e. The molecule has 0 unspecified atom stereocenters. The van der Waals surface area contributed by atoms with Crippen molar-refractivity contribution >= 4 is 38.1 Å². The summed E-state index contributed by atoms with van der Waals surface area (Å²) in [6.07, 6.45) is 3.33. The third kappa shape index (κ3) is 5.78. The molecule has 0 spiro atoms. The number of morpholine rings is 1. The Labute approximate surface area is 190 Å². The van der Waals surface area contributed by atoms with E-state index >= 15 is 0 Å². The van der Waals surface area contributed by atoms with Crippen LogP contribution in [0.25, 0.3) is 10.4 Å². The summed E-state index contributed by atoms with van der Waals surface area (Å²) in [5.41, 5.74) is 1.69. The van der Waals surface area contributed by atoms with Crippen LogP contribution in [-0.2, 0) is 14.8 Å². The number of nitrogens with one attached hydrogen (secondary N) is 2. The first-order valence-electron chi connectivity index (χ1n) is 10.1. The van der Waals surface area contributed by atoms with Gasteiger partial charge in [-0.25, -0.2) is 23.5 Å². The fourth-order valence-corrected chi connectivity index (χ4v) is 4.80. The molecule has 4 rings (SSSR count). The summed E-state index contributed by atoms with van der Waals surface area (Å²) in [4.78, 5) is 16.7. The van der Waals surface area contributed by atoms with Crippen molar-refractivity contribution in [2.75, 3.05) is 50.0 Å². The van der Waals surface area contributed by atoms with Gasteiger partial charge in [0.15, 0.2) is 10.9 Å². The highest BCUT2D eigenvalue weighted by molar-refractivity contribution is 7.89. The van der Waals surface area contributed by atoms with Gasteiger partial charge >= 0.3 is 0 Å². The zero-order valence-corrected chi connectivity index (χ0v) is 19.2. The minimum absolute atomic E-state index is 0.0787. The van der Waals surface area contributed by atoms with Crippen molar-refractivity contribution in [3.63, 3.8) is 0 Å². The van der Waals surface area contributed by atoms with Gasteiger partial charge in [0, 0.05) is 26.2 Å². The molecule has 170 valence electrons. The average Bonchev–Trinajstić information content (AvgIpc) is 3.14. The van der Waals surface area contributed by atoms with Gasteiger partial charge in [0.05, 0.1) is 41.1 Å². The minimum atomic E-state index is -3.72. The van der Waals surface area contributed by atoms with Gasteiger partial charge in [0.2, 0.25) is 10.0 Å². The van der Waals surface area contributed by atoms with E-state index in [-0.39, 0.29) is 4.90 Å². The number of aryl methyl sites for hydroxylation is 1. The number of nitrogens with two attached hydrogens (primary N) is 1. The molecular formula is C20H25N7O3S2. The summed E-state index contributed by atoms with van der Waals surface area (Å²) >= 11 is 1.45. The molecule has 1 aromatic carbocycles. The molecule has 1 aliphatic rings. The maximum absolute atomic E-state index is 11.5. The second-order valence-electron chi connectivity index (χ2n) is 7.30. The Hall–Kier alpha value is -2.64. The number of hydrogen-bond acceptors (Lipinski definition) is 10. The molecule has 3 aromatic rings. The molecule has 3 heterocycles. The maximum atomic E-state index is 11.5. The van der Waals surface area contributed by atoms with Crippen molar-refractivity contribution in [1.82, 2.24) is 19.9 Å². The largest absolute Gasteiger partial charge is 0.379 e. The van der Waals surface area contributed by atoms with E-state index in [0.29, 0.717) is 16.8 Å². The van der Waals surface area contributed by atoms with E-state index in [1.807, 2.05) is 6.92 Å². The van der Waals surface area contributed by atoms with Crippen LogP contribution in [0.1, 0.15) is 5.69 Å². The van der Waals surface area contributed by atoms with E-state index in [2.05, 4.69) is 30.5 Å². The Morgan fingerprint density at radius 1 is 1.12 bits per heavy atom. The summed E-state index contributed by atoms with van der Waals surface area (Å²) < 4.78 is 28.3. The van der Waals surface area contributed by atoms with Crippen LogP contribution in [0.2, 0.25) is 0 Å². The first kappa shape index (κ1) is 22.6. The molecule has 1 fully saturated rings. The van der Waals surface area contributed by atoms with Crippen molar-refractivity contribution in [3.8, 4) is 10.4 Å². The third-order valence-corrected chi connectivity index (χ3v) is 7.00. The second-order valence-corrected chi connectivity index (χ2v) is 9.86. The van der Waals surface area contributed by atoms with Gasteiger partial charge in [-0.05, 0) is 24.6 Å². The Bertz CT molecular complexity index is 1160. The highest BCUT2D eigenvalue weighted by atomic mass is 32.2. The molecule has 0 atom stereocenters.